The van der Waals surface area contributed by atoms with E-state index in [0.717, 1.165) is 0 Å². The molecule has 1 atom stereocenters. The number of methoxy groups -OCH3 is 1. The van der Waals surface area contributed by atoms with E-state index in [0.29, 0.717) is 16.5 Å². The quantitative estimate of drug-likeness (QED) is 0.631. The number of aliphatic hydroxyl groups is 1. The summed E-state index contributed by atoms with van der Waals surface area (Å²) >= 11 is 0. The second kappa shape index (κ2) is 5.92. The van der Waals surface area contributed by atoms with Gasteiger partial charge in [0.2, 0.25) is 0 Å². The van der Waals surface area contributed by atoms with E-state index in [1.165, 1.54) is 19.2 Å². The summed E-state index contributed by atoms with van der Waals surface area (Å²) in [6.07, 6.45) is -0.852. The summed E-state index contributed by atoms with van der Waals surface area (Å²) in [5.74, 6) is -0.549. The molecular formula is C12H15ClN2O4. The van der Waals surface area contributed by atoms with Gasteiger partial charge in [-0.25, -0.2) is 4.79 Å². The van der Waals surface area contributed by atoms with Crippen molar-refractivity contribution >= 4 is 29.3 Å². The van der Waals surface area contributed by atoms with Crippen LogP contribution < -0.4 is 5.73 Å². The van der Waals surface area contributed by atoms with Crippen LogP contribution in [0.25, 0.3) is 10.9 Å². The summed E-state index contributed by atoms with van der Waals surface area (Å²) in [7, 11) is 1.27. The fraction of sp³-hybridized carbons (Fsp3) is 0.250. The van der Waals surface area contributed by atoms with Crippen LogP contribution in [0.4, 0.5) is 0 Å². The molecule has 1 heterocycles. The van der Waals surface area contributed by atoms with Crippen molar-refractivity contribution in [3.05, 3.63) is 29.5 Å². The molecule has 5 N–H and O–H groups in total. The van der Waals surface area contributed by atoms with E-state index in [1.807, 2.05) is 0 Å². The third-order valence-corrected chi connectivity index (χ3v) is 2.79. The number of halogens is 1. The van der Waals surface area contributed by atoms with Gasteiger partial charge in [-0.3, -0.25) is 0 Å². The molecule has 19 heavy (non-hydrogen) atoms. The smallest absolute Gasteiger partial charge is 0.354 e. The highest BCUT2D eigenvalue weighted by Gasteiger charge is 2.17. The SMILES string of the molecule is COC(=O)c1cc2c(C(O)CN)ccc(O)c2[nH]1.Cl. The number of benzene rings is 1. The summed E-state index contributed by atoms with van der Waals surface area (Å²) in [5, 5.41) is 20.1. The van der Waals surface area contributed by atoms with Gasteiger partial charge in [0.15, 0.2) is 0 Å². The number of hydrogen-bond acceptors (Lipinski definition) is 5. The molecule has 0 amide bonds. The minimum atomic E-state index is -0.852. The third kappa shape index (κ3) is 2.65. The lowest BCUT2D eigenvalue weighted by atomic mass is 10.0. The largest absolute Gasteiger partial charge is 0.506 e. The summed E-state index contributed by atoms with van der Waals surface area (Å²) in [4.78, 5) is 14.2. The lowest BCUT2D eigenvalue weighted by molar-refractivity contribution is 0.0595. The third-order valence-electron chi connectivity index (χ3n) is 2.79. The van der Waals surface area contributed by atoms with Gasteiger partial charge in [0, 0.05) is 11.9 Å². The highest BCUT2D eigenvalue weighted by molar-refractivity contribution is 5.98. The Kier molecular flexibility index (Phi) is 4.77. The summed E-state index contributed by atoms with van der Waals surface area (Å²) in [6, 6.07) is 4.54. The van der Waals surface area contributed by atoms with Gasteiger partial charge in [0.25, 0.3) is 0 Å². The van der Waals surface area contributed by atoms with Crippen LogP contribution in [0.1, 0.15) is 22.2 Å². The molecule has 0 saturated heterocycles. The number of H-pyrrole nitrogens is 1. The number of phenolic OH excluding ortho intramolecular Hbond substituents is 1. The monoisotopic (exact) mass is 286 g/mol. The minimum Gasteiger partial charge on any atom is -0.506 e. The van der Waals surface area contributed by atoms with Crippen molar-refractivity contribution < 1.29 is 19.7 Å². The normalized spacial score (nSPS) is 11.9. The van der Waals surface area contributed by atoms with Gasteiger partial charge in [0.1, 0.15) is 11.4 Å². The average Bonchev–Trinajstić information content (AvgIpc) is 2.83. The second-order valence-corrected chi connectivity index (χ2v) is 3.89. The number of aromatic amines is 1. The predicted molar refractivity (Wildman–Crippen MR) is 72.6 cm³/mol. The lowest BCUT2D eigenvalue weighted by Gasteiger charge is -2.09. The van der Waals surface area contributed by atoms with E-state index in [2.05, 4.69) is 9.72 Å². The lowest BCUT2D eigenvalue weighted by Crippen LogP contribution is -2.11. The van der Waals surface area contributed by atoms with E-state index < -0.39 is 12.1 Å². The first-order chi connectivity index (χ1) is 8.58. The number of ether oxygens (including phenoxy) is 1. The first-order valence-corrected chi connectivity index (χ1v) is 5.39. The molecule has 2 rings (SSSR count). The van der Waals surface area contributed by atoms with Crippen molar-refractivity contribution in [2.24, 2.45) is 5.73 Å². The second-order valence-electron chi connectivity index (χ2n) is 3.89. The molecule has 0 saturated carbocycles. The molecule has 2 aromatic rings. The maximum atomic E-state index is 11.4. The highest BCUT2D eigenvalue weighted by Crippen LogP contribution is 2.31. The van der Waals surface area contributed by atoms with E-state index in [4.69, 9.17) is 5.73 Å². The first-order valence-electron chi connectivity index (χ1n) is 5.39. The van der Waals surface area contributed by atoms with Crippen molar-refractivity contribution in [3.8, 4) is 5.75 Å². The minimum absolute atomic E-state index is 0. The number of nitrogens with one attached hydrogen (secondary N) is 1. The number of carbonyl (C=O) groups is 1. The van der Waals surface area contributed by atoms with Crippen molar-refractivity contribution in [1.82, 2.24) is 4.98 Å². The molecule has 1 aromatic heterocycles. The van der Waals surface area contributed by atoms with Gasteiger partial charge >= 0.3 is 5.97 Å². The first kappa shape index (κ1) is 15.3. The van der Waals surface area contributed by atoms with Crippen LogP contribution in [-0.4, -0.2) is 34.8 Å². The van der Waals surface area contributed by atoms with E-state index in [-0.39, 0.29) is 30.4 Å². The molecule has 7 heteroatoms. The van der Waals surface area contributed by atoms with Crippen LogP contribution in [0.2, 0.25) is 0 Å². The zero-order valence-corrected chi connectivity index (χ0v) is 11.0. The summed E-state index contributed by atoms with van der Waals surface area (Å²) in [6.45, 7) is 0.0542. The number of rotatable bonds is 3. The van der Waals surface area contributed by atoms with Gasteiger partial charge in [-0.05, 0) is 17.7 Å². The molecule has 104 valence electrons. The zero-order valence-electron chi connectivity index (χ0n) is 10.2. The zero-order chi connectivity index (χ0) is 13.3. The number of fused-ring (bicyclic) bond motifs is 1. The van der Waals surface area contributed by atoms with Crippen LogP contribution in [-0.2, 0) is 4.74 Å². The van der Waals surface area contributed by atoms with E-state index >= 15 is 0 Å². The number of aliphatic hydroxyl groups excluding tert-OH is 1. The van der Waals surface area contributed by atoms with Gasteiger partial charge in [0.05, 0.1) is 18.7 Å². The van der Waals surface area contributed by atoms with Gasteiger partial charge in [-0.1, -0.05) is 6.07 Å². The van der Waals surface area contributed by atoms with Crippen LogP contribution in [0, 0.1) is 0 Å². The van der Waals surface area contributed by atoms with Crippen LogP contribution in [0.3, 0.4) is 0 Å². The molecule has 1 aromatic carbocycles. The van der Waals surface area contributed by atoms with Crippen LogP contribution in [0.5, 0.6) is 5.75 Å². The molecule has 0 aliphatic carbocycles. The molecular weight excluding hydrogens is 272 g/mol. The van der Waals surface area contributed by atoms with Gasteiger partial charge in [-0.2, -0.15) is 0 Å². The number of aromatic nitrogens is 1. The Bertz CT molecular complexity index is 597. The molecule has 0 aliphatic rings. The molecule has 0 spiro atoms. The van der Waals surface area contributed by atoms with Crippen molar-refractivity contribution in [2.45, 2.75) is 6.10 Å². The Labute approximate surface area is 115 Å². The summed E-state index contributed by atoms with van der Waals surface area (Å²) in [5.41, 5.74) is 6.55. The number of hydrogen-bond donors (Lipinski definition) is 4. The number of nitrogens with two attached hydrogens (primary N) is 1. The number of phenols is 1. The molecule has 0 radical (unpaired) electrons. The molecule has 6 nitrogen and oxygen atoms in total. The number of carbonyl (C=O) groups excluding carboxylic acids is 1. The molecule has 1 unspecified atom stereocenters. The fourth-order valence-corrected chi connectivity index (χ4v) is 1.86. The van der Waals surface area contributed by atoms with Crippen molar-refractivity contribution in [1.29, 1.82) is 0 Å². The predicted octanol–water partition coefficient (Wildman–Crippen LogP) is 1.07. The topological polar surface area (TPSA) is 109 Å². The standard InChI is InChI=1S/C12H14N2O4.ClH/c1-18-12(17)8-4-7-6(10(16)5-13)2-3-9(15)11(7)14-8;/h2-4,10,14-16H,5,13H2,1H3;1H. The molecule has 0 bridgehead atoms. The van der Waals surface area contributed by atoms with Crippen molar-refractivity contribution in [3.63, 3.8) is 0 Å². The van der Waals surface area contributed by atoms with E-state index in [9.17, 15) is 15.0 Å². The van der Waals surface area contributed by atoms with E-state index in [1.54, 1.807) is 6.07 Å². The Morgan fingerprint density at radius 3 is 2.79 bits per heavy atom. The Balaban J connectivity index is 0.00000180. The number of esters is 1. The average molecular weight is 287 g/mol. The molecule has 0 fully saturated rings. The van der Waals surface area contributed by atoms with Crippen molar-refractivity contribution in [2.75, 3.05) is 13.7 Å². The molecule has 0 aliphatic heterocycles. The maximum absolute atomic E-state index is 11.4. The fourth-order valence-electron chi connectivity index (χ4n) is 1.86. The summed E-state index contributed by atoms with van der Waals surface area (Å²) < 4.78 is 4.59. The Hall–Kier alpha value is -1.76. The highest BCUT2D eigenvalue weighted by atomic mass is 35.5. The van der Waals surface area contributed by atoms with Crippen LogP contribution in [0.15, 0.2) is 18.2 Å². The Morgan fingerprint density at radius 2 is 2.21 bits per heavy atom. The Morgan fingerprint density at radius 1 is 1.53 bits per heavy atom. The van der Waals surface area contributed by atoms with Crippen LogP contribution >= 0.6 is 12.4 Å². The van der Waals surface area contributed by atoms with Gasteiger partial charge in [-0.15, -0.1) is 12.4 Å². The maximum Gasteiger partial charge on any atom is 0.354 e. The number of aromatic hydroxyl groups is 1. The van der Waals surface area contributed by atoms with Gasteiger partial charge < -0.3 is 25.7 Å².